The van der Waals surface area contributed by atoms with Crippen LogP contribution in [0.4, 0.5) is 0 Å². The smallest absolute Gasteiger partial charge is 0.335 e. The van der Waals surface area contributed by atoms with Crippen LogP contribution in [-0.4, -0.2) is 38.2 Å². The number of fused-ring (bicyclic) bond motifs is 1. The topological polar surface area (TPSA) is 101 Å². The second-order valence-electron chi connectivity index (χ2n) is 6.85. The molecule has 0 unspecified atom stereocenters. The third kappa shape index (κ3) is 3.39. The second-order valence-corrected chi connectivity index (χ2v) is 6.85. The predicted molar refractivity (Wildman–Crippen MR) is 103 cm³/mol. The van der Waals surface area contributed by atoms with E-state index in [0.29, 0.717) is 12.2 Å². The number of carbonyl (C=O) groups is 2. The zero-order valence-corrected chi connectivity index (χ0v) is 15.2. The van der Waals surface area contributed by atoms with Crippen LogP contribution in [-0.2, 0) is 19.5 Å². The summed E-state index contributed by atoms with van der Waals surface area (Å²) in [5.74, 6) is -1.54. The summed E-state index contributed by atoms with van der Waals surface area (Å²) in [6, 6.07) is 16.6. The fourth-order valence-corrected chi connectivity index (χ4v) is 3.61. The number of aromatic nitrogens is 2. The van der Waals surface area contributed by atoms with Gasteiger partial charge in [0.05, 0.1) is 16.9 Å². The molecule has 1 amide bonds. The highest BCUT2D eigenvalue weighted by Gasteiger charge is 2.27. The molecule has 0 spiro atoms. The molecule has 28 heavy (non-hydrogen) atoms. The Morgan fingerprint density at radius 3 is 2.43 bits per heavy atom. The number of hydrogen-bond acceptors (Lipinski definition) is 4. The van der Waals surface area contributed by atoms with Crippen LogP contribution in [0.1, 0.15) is 37.7 Å². The van der Waals surface area contributed by atoms with Gasteiger partial charge in [-0.25, -0.2) is 9.48 Å². The molecular weight excluding hydrogens is 356 g/mol. The predicted octanol–water partition coefficient (Wildman–Crippen LogP) is 2.23. The van der Waals surface area contributed by atoms with Gasteiger partial charge in [-0.2, -0.15) is 5.10 Å². The molecule has 2 aromatic carbocycles. The maximum Gasteiger partial charge on any atom is 0.335 e. The number of amides is 1. The molecule has 0 aliphatic carbocycles. The summed E-state index contributed by atoms with van der Waals surface area (Å²) >= 11 is 0. The number of benzene rings is 2. The summed E-state index contributed by atoms with van der Waals surface area (Å²) in [5.41, 5.74) is 9.77. The molecule has 0 saturated carbocycles. The first-order valence-corrected chi connectivity index (χ1v) is 9.03. The van der Waals surface area contributed by atoms with Crippen LogP contribution in [0.2, 0.25) is 0 Å². The number of nitrogens with two attached hydrogens (primary N) is 1. The summed E-state index contributed by atoms with van der Waals surface area (Å²) in [4.78, 5) is 25.3. The van der Waals surface area contributed by atoms with E-state index in [1.54, 1.807) is 16.8 Å². The van der Waals surface area contributed by atoms with E-state index >= 15 is 0 Å². The summed E-state index contributed by atoms with van der Waals surface area (Å²) in [6.45, 7) is 2.21. The summed E-state index contributed by atoms with van der Waals surface area (Å²) in [7, 11) is 0. The fraction of sp³-hybridized carbons (Fsp3) is 0.190. The van der Waals surface area contributed by atoms with Crippen molar-refractivity contribution in [2.45, 2.75) is 19.5 Å². The van der Waals surface area contributed by atoms with E-state index in [4.69, 9.17) is 10.8 Å². The van der Waals surface area contributed by atoms with Crippen LogP contribution in [0.3, 0.4) is 0 Å². The van der Waals surface area contributed by atoms with Crippen molar-refractivity contribution in [1.29, 1.82) is 0 Å². The van der Waals surface area contributed by atoms with Gasteiger partial charge in [-0.1, -0.05) is 30.3 Å². The van der Waals surface area contributed by atoms with Gasteiger partial charge in [0.15, 0.2) is 5.69 Å². The minimum absolute atomic E-state index is 0.203. The molecule has 0 fully saturated rings. The summed E-state index contributed by atoms with van der Waals surface area (Å²) < 4.78 is 1.71. The zero-order chi connectivity index (χ0) is 19.7. The highest BCUT2D eigenvalue weighted by molar-refractivity contribution is 5.92. The van der Waals surface area contributed by atoms with Crippen LogP contribution in [0.25, 0.3) is 5.69 Å². The monoisotopic (exact) mass is 376 g/mol. The Kier molecular flexibility index (Phi) is 4.67. The molecule has 4 rings (SSSR count). The molecule has 3 aromatic rings. The largest absolute Gasteiger partial charge is 0.478 e. The van der Waals surface area contributed by atoms with Crippen LogP contribution in [0.5, 0.6) is 0 Å². The molecule has 7 heteroatoms. The average Bonchev–Trinajstić information content (AvgIpc) is 3.08. The highest BCUT2D eigenvalue weighted by atomic mass is 16.4. The fourth-order valence-electron chi connectivity index (χ4n) is 3.61. The molecule has 1 aliphatic rings. The molecule has 3 N–H and O–H groups in total. The van der Waals surface area contributed by atoms with Gasteiger partial charge in [0.25, 0.3) is 5.91 Å². The first kappa shape index (κ1) is 17.9. The van der Waals surface area contributed by atoms with Gasteiger partial charge in [0, 0.05) is 31.6 Å². The lowest BCUT2D eigenvalue weighted by Crippen LogP contribution is -2.31. The van der Waals surface area contributed by atoms with Gasteiger partial charge >= 0.3 is 5.97 Å². The van der Waals surface area contributed by atoms with E-state index in [1.807, 2.05) is 18.2 Å². The quantitative estimate of drug-likeness (QED) is 0.711. The molecule has 1 aromatic heterocycles. The maximum absolute atomic E-state index is 12.0. The number of hydrogen-bond donors (Lipinski definition) is 2. The van der Waals surface area contributed by atoms with E-state index in [1.165, 1.54) is 17.7 Å². The maximum atomic E-state index is 12.0. The molecule has 1 aliphatic heterocycles. The van der Waals surface area contributed by atoms with E-state index in [0.717, 1.165) is 30.8 Å². The van der Waals surface area contributed by atoms with Crippen LogP contribution < -0.4 is 5.73 Å². The van der Waals surface area contributed by atoms with Crippen molar-refractivity contribution >= 4 is 11.9 Å². The lowest BCUT2D eigenvalue weighted by atomic mass is 10.0. The second kappa shape index (κ2) is 7.28. The molecule has 0 atom stereocenters. The molecule has 0 bridgehead atoms. The van der Waals surface area contributed by atoms with E-state index < -0.39 is 11.9 Å². The van der Waals surface area contributed by atoms with E-state index in [2.05, 4.69) is 22.1 Å². The van der Waals surface area contributed by atoms with Gasteiger partial charge in [-0.05, 0) is 29.8 Å². The summed E-state index contributed by atoms with van der Waals surface area (Å²) in [5, 5.41) is 13.5. The number of carboxylic acid groups (broad SMARTS) is 1. The number of carboxylic acids is 1. The Morgan fingerprint density at radius 2 is 1.79 bits per heavy atom. The number of nitrogens with zero attached hydrogens (tertiary/aromatic N) is 3. The van der Waals surface area contributed by atoms with Gasteiger partial charge in [-0.3, -0.25) is 9.69 Å². The zero-order valence-electron chi connectivity index (χ0n) is 15.2. The number of primary amides is 1. The van der Waals surface area contributed by atoms with Crippen LogP contribution in [0, 0.1) is 0 Å². The van der Waals surface area contributed by atoms with Gasteiger partial charge in [-0.15, -0.1) is 0 Å². The van der Waals surface area contributed by atoms with Crippen molar-refractivity contribution in [2.75, 3.05) is 6.54 Å². The van der Waals surface area contributed by atoms with E-state index in [-0.39, 0.29) is 11.3 Å². The molecule has 2 heterocycles. The van der Waals surface area contributed by atoms with Crippen LogP contribution in [0.15, 0.2) is 54.6 Å². The van der Waals surface area contributed by atoms with Crippen molar-refractivity contribution in [1.82, 2.24) is 14.7 Å². The first-order chi connectivity index (χ1) is 13.5. The van der Waals surface area contributed by atoms with Crippen molar-refractivity contribution < 1.29 is 14.7 Å². The molecule has 0 saturated heterocycles. The number of carbonyl (C=O) groups excluding carboxylic acids is 1. The molecule has 142 valence electrons. The highest BCUT2D eigenvalue weighted by Crippen LogP contribution is 2.26. The number of aromatic carboxylic acids is 1. The Balaban J connectivity index is 1.66. The SMILES string of the molecule is NC(=O)c1nn(-c2ccc(C(=O)O)cc2)c2c1CN(Cc1ccccc1)CC2. The Labute approximate surface area is 162 Å². The minimum atomic E-state index is -0.983. The van der Waals surface area contributed by atoms with Crippen molar-refractivity contribution in [3.05, 3.63) is 82.7 Å². The Morgan fingerprint density at radius 1 is 1.07 bits per heavy atom. The van der Waals surface area contributed by atoms with E-state index in [9.17, 15) is 9.59 Å². The Hall–Kier alpha value is -3.45. The summed E-state index contributed by atoms with van der Waals surface area (Å²) in [6.07, 6.45) is 0.725. The van der Waals surface area contributed by atoms with Gasteiger partial charge in [0.2, 0.25) is 0 Å². The van der Waals surface area contributed by atoms with Crippen molar-refractivity contribution in [3.8, 4) is 5.69 Å². The van der Waals surface area contributed by atoms with Gasteiger partial charge < -0.3 is 10.8 Å². The van der Waals surface area contributed by atoms with Crippen LogP contribution >= 0.6 is 0 Å². The standard InChI is InChI=1S/C21H20N4O3/c22-20(26)19-17-13-24(12-14-4-2-1-3-5-14)11-10-18(17)25(23-19)16-8-6-15(7-9-16)21(27)28/h1-9H,10-13H2,(H2,22,26)(H,27,28). The van der Waals surface area contributed by atoms with Crippen molar-refractivity contribution in [2.24, 2.45) is 5.73 Å². The molecular formula is C21H20N4O3. The molecule has 0 radical (unpaired) electrons. The van der Waals surface area contributed by atoms with Gasteiger partial charge in [0.1, 0.15) is 0 Å². The lowest BCUT2D eigenvalue weighted by molar-refractivity contribution is 0.0696. The normalized spacial score (nSPS) is 13.9. The Bertz CT molecular complexity index is 1030. The third-order valence-electron chi connectivity index (χ3n) is 4.98. The minimum Gasteiger partial charge on any atom is -0.478 e. The third-order valence-corrected chi connectivity index (χ3v) is 4.98. The lowest BCUT2D eigenvalue weighted by Gasteiger charge is -2.27. The average molecular weight is 376 g/mol. The van der Waals surface area contributed by atoms with Crippen molar-refractivity contribution in [3.63, 3.8) is 0 Å². The molecule has 7 nitrogen and oxygen atoms in total. The first-order valence-electron chi connectivity index (χ1n) is 9.03. The number of rotatable bonds is 5.